The minimum absolute atomic E-state index is 0.120. The fraction of sp³-hybridized carbons (Fsp3) is 0.214. The second kappa shape index (κ2) is 13.6. The van der Waals surface area contributed by atoms with E-state index in [0.29, 0.717) is 29.8 Å². The van der Waals surface area contributed by atoms with Crippen molar-refractivity contribution in [1.82, 2.24) is 5.48 Å². The van der Waals surface area contributed by atoms with E-state index in [0.717, 1.165) is 5.56 Å². The predicted octanol–water partition coefficient (Wildman–Crippen LogP) is 5.29. The first-order valence-electron chi connectivity index (χ1n) is 11.6. The molecule has 0 saturated carbocycles. The maximum Gasteiger partial charge on any atom is 0.412 e. The van der Waals surface area contributed by atoms with Crippen LogP contribution in [-0.2, 0) is 9.53 Å². The summed E-state index contributed by atoms with van der Waals surface area (Å²) in [4.78, 5) is 24.3. The fourth-order valence-corrected chi connectivity index (χ4v) is 3.58. The van der Waals surface area contributed by atoms with Crippen LogP contribution in [0.15, 0.2) is 84.9 Å². The predicted molar refractivity (Wildman–Crippen MR) is 138 cm³/mol. The number of hydrogen-bond donors (Lipinski definition) is 4. The molecule has 0 aliphatic carbocycles. The molecule has 2 atom stereocenters. The van der Waals surface area contributed by atoms with Gasteiger partial charge in [0.2, 0.25) is 0 Å². The molecule has 0 saturated heterocycles. The molecule has 0 aliphatic heterocycles. The Labute approximate surface area is 215 Å². The van der Waals surface area contributed by atoms with Crippen molar-refractivity contribution >= 4 is 17.7 Å². The van der Waals surface area contributed by atoms with Crippen LogP contribution in [0.1, 0.15) is 30.1 Å². The van der Waals surface area contributed by atoms with Crippen LogP contribution >= 0.6 is 0 Å². The second-order valence-electron chi connectivity index (χ2n) is 8.17. The van der Waals surface area contributed by atoms with Gasteiger partial charge in [0.05, 0.1) is 7.11 Å². The first-order chi connectivity index (χ1) is 17.9. The highest BCUT2D eigenvalue weighted by molar-refractivity contribution is 5.86. The number of rotatable bonds is 11. The Hall–Kier alpha value is -4.50. The molecule has 4 N–H and O–H groups in total. The number of hydroxylamine groups is 1. The number of ether oxygens (including phenoxy) is 3. The largest absolute Gasteiger partial charge is 0.504 e. The number of phenolic OH excluding ortho intramolecular Hbond substituents is 1. The van der Waals surface area contributed by atoms with Gasteiger partial charge in [0.15, 0.2) is 17.6 Å². The SMILES string of the molecule is COc1ccc([C@H](OC(=O)Nc2ccc(C)cc2)[C@H](CC/C=C/C(=O)NO)Oc2ccccc2)cc1O. The third-order valence-electron chi connectivity index (χ3n) is 5.43. The molecule has 0 heterocycles. The number of nitrogens with one attached hydrogen (secondary N) is 2. The zero-order valence-electron chi connectivity index (χ0n) is 20.6. The van der Waals surface area contributed by atoms with E-state index in [2.05, 4.69) is 5.32 Å². The molecule has 9 heteroatoms. The van der Waals surface area contributed by atoms with Crippen molar-refractivity contribution in [1.29, 1.82) is 0 Å². The highest BCUT2D eigenvalue weighted by Gasteiger charge is 2.30. The molecule has 0 radical (unpaired) electrons. The van der Waals surface area contributed by atoms with E-state index in [1.54, 1.807) is 42.5 Å². The van der Waals surface area contributed by atoms with Gasteiger partial charge in [0.1, 0.15) is 11.9 Å². The number of aryl methyl sites for hydroxylation is 1. The third-order valence-corrected chi connectivity index (χ3v) is 5.43. The Bertz CT molecular complexity index is 1200. The lowest BCUT2D eigenvalue weighted by Gasteiger charge is -2.28. The van der Waals surface area contributed by atoms with Gasteiger partial charge in [-0.15, -0.1) is 0 Å². The van der Waals surface area contributed by atoms with Gasteiger partial charge < -0.3 is 19.3 Å². The first-order valence-corrected chi connectivity index (χ1v) is 11.6. The maximum atomic E-state index is 12.9. The topological polar surface area (TPSA) is 126 Å². The Balaban J connectivity index is 1.91. The van der Waals surface area contributed by atoms with E-state index in [9.17, 15) is 14.7 Å². The Kier molecular flexibility index (Phi) is 9.92. The summed E-state index contributed by atoms with van der Waals surface area (Å²) in [5.74, 6) is 0.0383. The normalized spacial score (nSPS) is 12.4. The number of carbonyl (C=O) groups excluding carboxylic acids is 2. The highest BCUT2D eigenvalue weighted by Crippen LogP contribution is 2.34. The van der Waals surface area contributed by atoms with Crippen LogP contribution in [0.4, 0.5) is 10.5 Å². The second-order valence-corrected chi connectivity index (χ2v) is 8.17. The van der Waals surface area contributed by atoms with Crippen molar-refractivity contribution in [2.24, 2.45) is 0 Å². The van der Waals surface area contributed by atoms with Crippen molar-refractivity contribution in [3.8, 4) is 17.2 Å². The third kappa shape index (κ3) is 8.29. The monoisotopic (exact) mass is 506 g/mol. The average molecular weight is 507 g/mol. The van der Waals surface area contributed by atoms with Gasteiger partial charge in [-0.1, -0.05) is 48.0 Å². The molecule has 2 amide bonds. The number of aromatic hydroxyl groups is 1. The summed E-state index contributed by atoms with van der Waals surface area (Å²) in [5.41, 5.74) is 3.63. The lowest BCUT2D eigenvalue weighted by Crippen LogP contribution is -2.31. The van der Waals surface area contributed by atoms with E-state index < -0.39 is 24.2 Å². The van der Waals surface area contributed by atoms with Crippen LogP contribution < -0.4 is 20.3 Å². The Morgan fingerprint density at radius 3 is 2.41 bits per heavy atom. The summed E-state index contributed by atoms with van der Waals surface area (Å²) in [6.45, 7) is 1.94. The number of anilines is 1. The summed E-state index contributed by atoms with van der Waals surface area (Å²) in [5, 5.41) is 21.8. The number of amides is 2. The molecule has 3 aromatic rings. The number of allylic oxidation sites excluding steroid dienone is 1. The van der Waals surface area contributed by atoms with Crippen LogP contribution in [0.2, 0.25) is 0 Å². The van der Waals surface area contributed by atoms with E-state index in [1.807, 2.05) is 37.3 Å². The molecule has 0 spiro atoms. The maximum absolute atomic E-state index is 12.9. The average Bonchev–Trinajstić information content (AvgIpc) is 2.90. The van der Waals surface area contributed by atoms with E-state index in [-0.39, 0.29) is 11.5 Å². The zero-order valence-corrected chi connectivity index (χ0v) is 20.6. The number of phenols is 1. The van der Waals surface area contributed by atoms with Crippen LogP contribution in [0.3, 0.4) is 0 Å². The minimum atomic E-state index is -0.942. The van der Waals surface area contributed by atoms with Crippen LogP contribution in [0.25, 0.3) is 0 Å². The molecule has 0 fully saturated rings. The van der Waals surface area contributed by atoms with Gasteiger partial charge in [-0.05, 0) is 56.2 Å². The molecular weight excluding hydrogens is 476 g/mol. The van der Waals surface area contributed by atoms with Crippen molar-refractivity contribution < 1.29 is 34.1 Å². The molecule has 37 heavy (non-hydrogen) atoms. The van der Waals surface area contributed by atoms with Gasteiger partial charge in [-0.25, -0.2) is 10.3 Å². The van der Waals surface area contributed by atoms with E-state index in [4.69, 9.17) is 19.4 Å². The molecule has 194 valence electrons. The fourth-order valence-electron chi connectivity index (χ4n) is 3.58. The molecule has 0 aromatic heterocycles. The standard InChI is InChI=1S/C28H30N2O7/c1-19-12-15-21(16-13-19)29-28(33)37-27(20-14-17-24(35-2)23(31)18-20)25(10-6-7-11-26(32)30-34)36-22-8-4-3-5-9-22/h3-5,7-9,11-18,25,27,31,34H,6,10H2,1-2H3,(H,29,33)(H,30,32)/b11-7+/t25-,27-/m0/s1. The summed E-state index contributed by atoms with van der Waals surface area (Å²) < 4.78 is 17.2. The molecule has 0 aliphatic rings. The summed E-state index contributed by atoms with van der Waals surface area (Å²) >= 11 is 0. The van der Waals surface area contributed by atoms with Crippen LogP contribution in [-0.4, -0.2) is 35.5 Å². The summed E-state index contributed by atoms with van der Waals surface area (Å²) in [7, 11) is 1.44. The molecule has 3 rings (SSSR count). The minimum Gasteiger partial charge on any atom is -0.504 e. The molecule has 3 aromatic carbocycles. The van der Waals surface area contributed by atoms with Gasteiger partial charge >= 0.3 is 6.09 Å². The van der Waals surface area contributed by atoms with Crippen molar-refractivity contribution in [2.45, 2.75) is 32.0 Å². The van der Waals surface area contributed by atoms with Crippen molar-refractivity contribution in [2.75, 3.05) is 12.4 Å². The molecule has 9 nitrogen and oxygen atoms in total. The quantitative estimate of drug-likeness (QED) is 0.158. The molecule has 0 unspecified atom stereocenters. The number of carbonyl (C=O) groups is 2. The van der Waals surface area contributed by atoms with Crippen molar-refractivity contribution in [3.63, 3.8) is 0 Å². The molecule has 0 bridgehead atoms. The highest BCUT2D eigenvalue weighted by atomic mass is 16.6. The van der Waals surface area contributed by atoms with Gasteiger partial charge in [-0.2, -0.15) is 0 Å². The summed E-state index contributed by atoms with van der Waals surface area (Å²) in [6.07, 6.45) is 1.11. The summed E-state index contributed by atoms with van der Waals surface area (Å²) in [6, 6.07) is 21.0. The Morgan fingerprint density at radius 1 is 1.03 bits per heavy atom. The zero-order chi connectivity index (χ0) is 26.6. The van der Waals surface area contributed by atoms with Gasteiger partial charge in [-0.3, -0.25) is 15.3 Å². The van der Waals surface area contributed by atoms with E-state index in [1.165, 1.54) is 24.7 Å². The van der Waals surface area contributed by atoms with Gasteiger partial charge in [0.25, 0.3) is 5.91 Å². The number of para-hydroxylation sites is 1. The first kappa shape index (κ1) is 27.1. The smallest absolute Gasteiger partial charge is 0.412 e. The number of methoxy groups -OCH3 is 1. The van der Waals surface area contributed by atoms with Crippen molar-refractivity contribution in [3.05, 3.63) is 96.1 Å². The van der Waals surface area contributed by atoms with Crippen LogP contribution in [0, 0.1) is 6.92 Å². The van der Waals surface area contributed by atoms with Crippen LogP contribution in [0.5, 0.6) is 17.2 Å². The lowest BCUT2D eigenvalue weighted by atomic mass is 9.99. The van der Waals surface area contributed by atoms with E-state index >= 15 is 0 Å². The number of hydrogen-bond acceptors (Lipinski definition) is 7. The Morgan fingerprint density at radius 2 is 1.76 bits per heavy atom. The lowest BCUT2D eigenvalue weighted by molar-refractivity contribution is -0.124. The van der Waals surface area contributed by atoms with Gasteiger partial charge in [0, 0.05) is 17.3 Å². The number of benzene rings is 3. The molecular formula is C28H30N2O7.